The first-order valence-electron chi connectivity index (χ1n) is 5.06. The first kappa shape index (κ1) is 12.6. The molecule has 1 atom stereocenters. The standard InChI is InChI=1S/C11H9FN2O3S/c12-6-1-3-7(4-2-6)13-9(15)5-8-10(16)14-11(17)18-8/h1-4,8H,5H2,(H,13,15)(H,14,16,17)/p-1. The molecule has 1 N–H and O–H groups in total. The molecule has 0 bridgehead atoms. The van der Waals surface area contributed by atoms with Crippen molar-refractivity contribution in [2.75, 3.05) is 5.32 Å². The van der Waals surface area contributed by atoms with Crippen LogP contribution in [0.25, 0.3) is 0 Å². The average Bonchev–Trinajstić information content (AvgIpc) is 2.61. The second-order valence-electron chi connectivity index (χ2n) is 3.58. The topological polar surface area (TPSA) is 81.6 Å². The predicted molar refractivity (Wildman–Crippen MR) is 63.5 cm³/mol. The molecular formula is C11H8FN2O3S-. The van der Waals surface area contributed by atoms with E-state index in [2.05, 4.69) is 10.3 Å². The zero-order chi connectivity index (χ0) is 13.1. The Balaban J connectivity index is 1.90. The third-order valence-corrected chi connectivity index (χ3v) is 3.16. The zero-order valence-corrected chi connectivity index (χ0v) is 9.87. The number of hydrogen-bond acceptors (Lipinski definition) is 4. The number of carbonyl (C=O) groups excluding carboxylic acids is 2. The smallest absolute Gasteiger partial charge is 0.259 e. The molecule has 1 aliphatic rings. The molecule has 94 valence electrons. The van der Waals surface area contributed by atoms with Crippen LogP contribution < -0.4 is 10.4 Å². The van der Waals surface area contributed by atoms with Gasteiger partial charge >= 0.3 is 0 Å². The van der Waals surface area contributed by atoms with Gasteiger partial charge in [0.05, 0.1) is 5.25 Å². The Morgan fingerprint density at radius 2 is 2.11 bits per heavy atom. The van der Waals surface area contributed by atoms with E-state index in [-0.39, 0.29) is 6.42 Å². The van der Waals surface area contributed by atoms with Crippen molar-refractivity contribution in [3.8, 4) is 0 Å². The SMILES string of the molecule is O=C(CC1SC([O-])=NC1=O)Nc1ccc(F)cc1. The van der Waals surface area contributed by atoms with E-state index >= 15 is 0 Å². The van der Waals surface area contributed by atoms with Crippen molar-refractivity contribution in [2.24, 2.45) is 4.99 Å². The van der Waals surface area contributed by atoms with Crippen LogP contribution in [0.4, 0.5) is 10.1 Å². The number of amides is 2. The van der Waals surface area contributed by atoms with Crippen LogP contribution in [0.15, 0.2) is 29.3 Å². The Labute approximate surface area is 106 Å². The van der Waals surface area contributed by atoms with Gasteiger partial charge in [-0.05, 0) is 24.3 Å². The molecule has 0 saturated heterocycles. The molecule has 0 fully saturated rings. The minimum atomic E-state index is -0.752. The van der Waals surface area contributed by atoms with E-state index in [0.29, 0.717) is 5.69 Å². The van der Waals surface area contributed by atoms with Crippen molar-refractivity contribution in [2.45, 2.75) is 11.7 Å². The summed E-state index contributed by atoms with van der Waals surface area (Å²) in [7, 11) is 0. The highest BCUT2D eigenvalue weighted by Gasteiger charge is 2.26. The highest BCUT2D eigenvalue weighted by molar-refractivity contribution is 8.14. The van der Waals surface area contributed by atoms with Crippen molar-refractivity contribution in [1.29, 1.82) is 0 Å². The van der Waals surface area contributed by atoms with Crippen LogP contribution in [0, 0.1) is 5.82 Å². The van der Waals surface area contributed by atoms with Crippen molar-refractivity contribution < 1.29 is 19.1 Å². The van der Waals surface area contributed by atoms with Gasteiger partial charge in [0.25, 0.3) is 5.91 Å². The Kier molecular flexibility index (Phi) is 3.61. The third-order valence-electron chi connectivity index (χ3n) is 2.22. The maximum atomic E-state index is 12.6. The number of carbonyl (C=O) groups is 2. The zero-order valence-electron chi connectivity index (χ0n) is 9.05. The summed E-state index contributed by atoms with van der Waals surface area (Å²) in [6.07, 6.45) is -0.129. The highest BCUT2D eigenvalue weighted by Crippen LogP contribution is 2.23. The molecule has 2 amide bonds. The summed E-state index contributed by atoms with van der Waals surface area (Å²) in [4.78, 5) is 26.0. The number of benzene rings is 1. The summed E-state index contributed by atoms with van der Waals surface area (Å²) < 4.78 is 12.6. The fraction of sp³-hybridized carbons (Fsp3) is 0.182. The van der Waals surface area contributed by atoms with Gasteiger partial charge < -0.3 is 10.4 Å². The monoisotopic (exact) mass is 267 g/mol. The third kappa shape index (κ3) is 3.07. The summed E-state index contributed by atoms with van der Waals surface area (Å²) in [5, 5.41) is 12.0. The highest BCUT2D eigenvalue weighted by atomic mass is 32.2. The van der Waals surface area contributed by atoms with E-state index in [4.69, 9.17) is 0 Å². The normalized spacial score (nSPS) is 18.6. The lowest BCUT2D eigenvalue weighted by Gasteiger charge is -2.09. The minimum Gasteiger partial charge on any atom is -0.854 e. The second-order valence-corrected chi connectivity index (χ2v) is 4.74. The van der Waals surface area contributed by atoms with Gasteiger partial charge in [0.1, 0.15) is 5.82 Å². The summed E-state index contributed by atoms with van der Waals surface area (Å²) >= 11 is 0.739. The number of rotatable bonds is 3. The predicted octanol–water partition coefficient (Wildman–Crippen LogP) is 0.513. The first-order valence-corrected chi connectivity index (χ1v) is 5.94. The van der Waals surface area contributed by atoms with Crippen LogP contribution in [-0.4, -0.2) is 22.3 Å². The van der Waals surface area contributed by atoms with Gasteiger partial charge in [-0.3, -0.25) is 9.59 Å². The number of halogens is 1. The van der Waals surface area contributed by atoms with E-state index in [9.17, 15) is 19.1 Å². The molecule has 1 aromatic rings. The number of nitrogens with zero attached hydrogens (tertiary/aromatic N) is 1. The molecule has 1 heterocycles. The molecule has 18 heavy (non-hydrogen) atoms. The maximum Gasteiger partial charge on any atom is 0.259 e. The molecule has 2 rings (SSSR count). The fourth-order valence-corrected chi connectivity index (χ4v) is 2.18. The van der Waals surface area contributed by atoms with Crippen molar-refractivity contribution in [3.63, 3.8) is 0 Å². The molecular weight excluding hydrogens is 259 g/mol. The van der Waals surface area contributed by atoms with Crippen LogP contribution in [0.5, 0.6) is 0 Å². The lowest BCUT2D eigenvalue weighted by Crippen LogP contribution is -2.21. The number of aliphatic imine (C=N–C) groups is 1. The van der Waals surface area contributed by atoms with Crippen LogP contribution in [0.2, 0.25) is 0 Å². The van der Waals surface area contributed by atoms with Crippen molar-refractivity contribution in [3.05, 3.63) is 30.1 Å². The lowest BCUT2D eigenvalue weighted by atomic mass is 10.2. The molecule has 0 aliphatic carbocycles. The number of thioether (sulfide) groups is 1. The molecule has 0 radical (unpaired) electrons. The van der Waals surface area contributed by atoms with Gasteiger partial charge in [0.2, 0.25) is 5.91 Å². The molecule has 0 aromatic heterocycles. The molecule has 5 nitrogen and oxygen atoms in total. The van der Waals surface area contributed by atoms with E-state index in [1.54, 1.807) is 0 Å². The van der Waals surface area contributed by atoms with E-state index < -0.39 is 28.1 Å². The van der Waals surface area contributed by atoms with Gasteiger partial charge in [0, 0.05) is 17.3 Å². The number of nitrogens with one attached hydrogen (secondary N) is 1. The average molecular weight is 267 g/mol. The van der Waals surface area contributed by atoms with Gasteiger partial charge in [0.15, 0.2) is 0 Å². The minimum absolute atomic E-state index is 0.129. The fourth-order valence-electron chi connectivity index (χ4n) is 1.40. The van der Waals surface area contributed by atoms with Crippen molar-refractivity contribution in [1.82, 2.24) is 0 Å². The quantitative estimate of drug-likeness (QED) is 0.865. The Hall–Kier alpha value is -1.89. The molecule has 1 aromatic carbocycles. The van der Waals surface area contributed by atoms with Crippen molar-refractivity contribution >= 4 is 34.5 Å². The summed E-state index contributed by atoms with van der Waals surface area (Å²) in [6.45, 7) is 0. The van der Waals surface area contributed by atoms with Crippen LogP contribution in [-0.2, 0) is 9.59 Å². The van der Waals surface area contributed by atoms with E-state index in [1.165, 1.54) is 24.3 Å². The van der Waals surface area contributed by atoms with E-state index in [0.717, 1.165) is 11.8 Å². The largest absolute Gasteiger partial charge is 0.854 e. The summed E-state index contributed by atoms with van der Waals surface area (Å²) in [5.41, 5.74) is 0.431. The first-order chi connectivity index (χ1) is 8.54. The van der Waals surface area contributed by atoms with Gasteiger partial charge in [-0.25, -0.2) is 9.38 Å². The van der Waals surface area contributed by atoms with Gasteiger partial charge in [-0.15, -0.1) is 11.8 Å². The second kappa shape index (κ2) is 5.18. The lowest BCUT2D eigenvalue weighted by molar-refractivity contribution is -0.205. The molecule has 0 spiro atoms. The Bertz CT molecular complexity index is 516. The molecule has 1 aliphatic heterocycles. The van der Waals surface area contributed by atoms with Gasteiger partial charge in [-0.2, -0.15) is 0 Å². The summed E-state index contributed by atoms with van der Waals surface area (Å²) in [6, 6.07) is 5.24. The molecule has 7 heteroatoms. The molecule has 0 saturated carbocycles. The number of hydrogen-bond donors (Lipinski definition) is 1. The van der Waals surface area contributed by atoms with Crippen LogP contribution in [0.3, 0.4) is 0 Å². The number of anilines is 1. The molecule has 1 unspecified atom stereocenters. The summed E-state index contributed by atoms with van der Waals surface area (Å²) in [5.74, 6) is -1.41. The van der Waals surface area contributed by atoms with Gasteiger partial charge in [-0.1, -0.05) is 0 Å². The Morgan fingerprint density at radius 3 is 2.67 bits per heavy atom. The van der Waals surface area contributed by atoms with E-state index in [1.807, 2.05) is 0 Å². The van der Waals surface area contributed by atoms with Crippen LogP contribution >= 0.6 is 11.8 Å². The maximum absolute atomic E-state index is 12.6. The van der Waals surface area contributed by atoms with Crippen LogP contribution in [0.1, 0.15) is 6.42 Å². The Morgan fingerprint density at radius 1 is 1.44 bits per heavy atom.